The highest BCUT2D eigenvalue weighted by atomic mass is 16.5. The summed E-state index contributed by atoms with van der Waals surface area (Å²) in [6.07, 6.45) is 7.39. The normalized spacial score (nSPS) is 49.8. The minimum atomic E-state index is 0.00706. The SMILES string of the molecule is COC(=O)[C@@H]1C[C@H](C)[C@@]23CCC[C@]2(C)C=C(C)C13. The molecule has 0 aromatic carbocycles. The van der Waals surface area contributed by atoms with Gasteiger partial charge in [-0.05, 0) is 48.9 Å². The maximum absolute atomic E-state index is 12.1. The summed E-state index contributed by atoms with van der Waals surface area (Å²) < 4.78 is 5.05. The van der Waals surface area contributed by atoms with Crippen molar-refractivity contribution in [1.82, 2.24) is 0 Å². The summed E-state index contributed by atoms with van der Waals surface area (Å²) in [4.78, 5) is 12.1. The highest BCUT2D eigenvalue weighted by Gasteiger charge is 2.67. The number of carbonyl (C=O) groups is 1. The lowest BCUT2D eigenvalue weighted by Crippen LogP contribution is -2.38. The van der Waals surface area contributed by atoms with Crippen molar-refractivity contribution in [2.24, 2.45) is 28.6 Å². The first-order chi connectivity index (χ1) is 8.46. The fourth-order valence-electron chi connectivity index (χ4n) is 5.89. The summed E-state index contributed by atoms with van der Waals surface area (Å²) >= 11 is 0. The lowest BCUT2D eigenvalue weighted by Gasteiger charge is -2.42. The van der Waals surface area contributed by atoms with E-state index in [4.69, 9.17) is 4.74 Å². The molecule has 2 fully saturated rings. The average Bonchev–Trinajstić information content (AvgIpc) is 2.86. The van der Waals surface area contributed by atoms with Gasteiger partial charge < -0.3 is 4.74 Å². The third-order valence-electron chi connectivity index (χ3n) is 6.33. The first-order valence-electron chi connectivity index (χ1n) is 7.23. The predicted octanol–water partition coefficient (Wildman–Crippen LogP) is 3.57. The number of ether oxygens (including phenoxy) is 1. The van der Waals surface area contributed by atoms with E-state index in [2.05, 4.69) is 26.8 Å². The molecule has 0 aromatic rings. The van der Waals surface area contributed by atoms with Crippen LogP contribution in [-0.2, 0) is 9.53 Å². The van der Waals surface area contributed by atoms with Crippen molar-refractivity contribution in [2.45, 2.75) is 46.5 Å². The van der Waals surface area contributed by atoms with Gasteiger partial charge in [0, 0.05) is 0 Å². The molecule has 0 radical (unpaired) electrons. The van der Waals surface area contributed by atoms with Crippen molar-refractivity contribution in [3.05, 3.63) is 11.6 Å². The van der Waals surface area contributed by atoms with Crippen LogP contribution in [0.5, 0.6) is 0 Å². The van der Waals surface area contributed by atoms with Gasteiger partial charge in [-0.2, -0.15) is 0 Å². The summed E-state index contributed by atoms with van der Waals surface area (Å²) in [6, 6.07) is 0. The van der Waals surface area contributed by atoms with Crippen LogP contribution in [0.2, 0.25) is 0 Å². The molecule has 18 heavy (non-hydrogen) atoms. The smallest absolute Gasteiger partial charge is 0.309 e. The number of allylic oxidation sites excluding steroid dienone is 2. The second-order valence-electron chi connectivity index (χ2n) is 6.94. The molecule has 3 aliphatic carbocycles. The summed E-state index contributed by atoms with van der Waals surface area (Å²) in [7, 11) is 1.53. The predicted molar refractivity (Wildman–Crippen MR) is 70.9 cm³/mol. The van der Waals surface area contributed by atoms with Crippen LogP contribution in [0.1, 0.15) is 46.5 Å². The molecule has 2 saturated carbocycles. The Balaban J connectivity index is 2.07. The van der Waals surface area contributed by atoms with Crippen LogP contribution in [0.15, 0.2) is 11.6 Å². The van der Waals surface area contributed by atoms with E-state index in [1.165, 1.54) is 31.9 Å². The number of esters is 1. The Labute approximate surface area is 110 Å². The molecule has 5 atom stereocenters. The van der Waals surface area contributed by atoms with Crippen LogP contribution in [0.3, 0.4) is 0 Å². The first-order valence-corrected chi connectivity index (χ1v) is 7.23. The minimum absolute atomic E-state index is 0.00706. The summed E-state index contributed by atoms with van der Waals surface area (Å²) in [5, 5.41) is 0. The minimum Gasteiger partial charge on any atom is -0.469 e. The van der Waals surface area contributed by atoms with Crippen molar-refractivity contribution in [3.63, 3.8) is 0 Å². The van der Waals surface area contributed by atoms with E-state index in [-0.39, 0.29) is 11.9 Å². The van der Waals surface area contributed by atoms with Gasteiger partial charge in [-0.3, -0.25) is 4.79 Å². The number of rotatable bonds is 1. The Hall–Kier alpha value is -0.790. The standard InChI is InChI=1S/C16H24O2/c1-10-9-15(3)6-5-7-16(15)11(2)8-12(13(10)16)14(17)18-4/h9,11-13H,5-8H2,1-4H3/t11-,12+,13?,15+,16+/m0/s1. The molecule has 100 valence electrons. The van der Waals surface area contributed by atoms with E-state index in [0.29, 0.717) is 22.7 Å². The zero-order chi connectivity index (χ0) is 13.1. The van der Waals surface area contributed by atoms with Gasteiger partial charge in [0.25, 0.3) is 0 Å². The maximum Gasteiger partial charge on any atom is 0.309 e. The van der Waals surface area contributed by atoms with Crippen molar-refractivity contribution in [3.8, 4) is 0 Å². The van der Waals surface area contributed by atoms with Crippen molar-refractivity contribution >= 4 is 5.97 Å². The fourth-order valence-corrected chi connectivity index (χ4v) is 5.89. The lowest BCUT2D eigenvalue weighted by molar-refractivity contribution is -0.147. The van der Waals surface area contributed by atoms with Gasteiger partial charge in [-0.1, -0.05) is 31.9 Å². The first kappa shape index (κ1) is 12.3. The molecule has 2 nitrogen and oxygen atoms in total. The zero-order valence-corrected chi connectivity index (χ0v) is 12.0. The highest BCUT2D eigenvalue weighted by Crippen LogP contribution is 2.73. The van der Waals surface area contributed by atoms with Crippen LogP contribution in [0.4, 0.5) is 0 Å². The van der Waals surface area contributed by atoms with Gasteiger partial charge in [0.05, 0.1) is 13.0 Å². The van der Waals surface area contributed by atoms with Gasteiger partial charge in [0.2, 0.25) is 0 Å². The molecule has 3 rings (SSSR count). The third-order valence-corrected chi connectivity index (χ3v) is 6.33. The van der Waals surface area contributed by atoms with Crippen molar-refractivity contribution in [1.29, 1.82) is 0 Å². The summed E-state index contributed by atoms with van der Waals surface area (Å²) in [5.74, 6) is 1.18. The molecule has 0 heterocycles. The number of hydrogen-bond acceptors (Lipinski definition) is 2. The molecule has 1 spiro atoms. The molecule has 0 aliphatic heterocycles. The molecule has 2 heteroatoms. The van der Waals surface area contributed by atoms with E-state index in [1.807, 2.05) is 0 Å². The summed E-state index contributed by atoms with van der Waals surface area (Å²) in [6.45, 7) is 7.00. The molecule has 0 amide bonds. The molecular formula is C16H24O2. The molecule has 3 aliphatic rings. The highest BCUT2D eigenvalue weighted by molar-refractivity contribution is 5.74. The Morgan fingerprint density at radius 3 is 2.83 bits per heavy atom. The lowest BCUT2D eigenvalue weighted by atomic mass is 9.61. The number of methoxy groups -OCH3 is 1. The molecule has 0 N–H and O–H groups in total. The van der Waals surface area contributed by atoms with Gasteiger partial charge >= 0.3 is 5.97 Å². The second kappa shape index (κ2) is 3.61. The van der Waals surface area contributed by atoms with E-state index in [0.717, 1.165) is 6.42 Å². The number of hydrogen-bond donors (Lipinski definition) is 0. The zero-order valence-electron chi connectivity index (χ0n) is 12.0. The van der Waals surface area contributed by atoms with Gasteiger partial charge in [0.1, 0.15) is 0 Å². The van der Waals surface area contributed by atoms with Gasteiger partial charge in [-0.15, -0.1) is 0 Å². The second-order valence-corrected chi connectivity index (χ2v) is 6.94. The van der Waals surface area contributed by atoms with Gasteiger partial charge in [-0.25, -0.2) is 0 Å². The quantitative estimate of drug-likeness (QED) is 0.524. The summed E-state index contributed by atoms with van der Waals surface area (Å²) in [5.41, 5.74) is 2.11. The topological polar surface area (TPSA) is 26.3 Å². The maximum atomic E-state index is 12.1. The van der Waals surface area contributed by atoms with Crippen LogP contribution < -0.4 is 0 Å². The third kappa shape index (κ3) is 1.17. The van der Waals surface area contributed by atoms with E-state index < -0.39 is 0 Å². The monoisotopic (exact) mass is 248 g/mol. The average molecular weight is 248 g/mol. The van der Waals surface area contributed by atoms with Crippen LogP contribution >= 0.6 is 0 Å². The Morgan fingerprint density at radius 2 is 2.17 bits per heavy atom. The molecule has 0 aromatic heterocycles. The molecule has 0 bridgehead atoms. The molecular weight excluding hydrogens is 224 g/mol. The van der Waals surface area contributed by atoms with Gasteiger partial charge in [0.15, 0.2) is 0 Å². The Kier molecular flexibility index (Phi) is 2.46. The van der Waals surface area contributed by atoms with Crippen LogP contribution in [0, 0.1) is 28.6 Å². The Morgan fingerprint density at radius 1 is 1.44 bits per heavy atom. The van der Waals surface area contributed by atoms with Crippen LogP contribution in [-0.4, -0.2) is 13.1 Å². The molecule has 0 saturated heterocycles. The van der Waals surface area contributed by atoms with E-state index in [1.54, 1.807) is 0 Å². The fraction of sp³-hybridized carbons (Fsp3) is 0.812. The van der Waals surface area contributed by atoms with E-state index >= 15 is 0 Å². The largest absolute Gasteiger partial charge is 0.469 e. The van der Waals surface area contributed by atoms with E-state index in [9.17, 15) is 4.79 Å². The molecule has 1 unspecified atom stereocenters. The Bertz CT molecular complexity index is 425. The van der Waals surface area contributed by atoms with Crippen LogP contribution in [0.25, 0.3) is 0 Å². The van der Waals surface area contributed by atoms with Crippen molar-refractivity contribution < 1.29 is 9.53 Å². The van der Waals surface area contributed by atoms with Crippen molar-refractivity contribution in [2.75, 3.05) is 7.11 Å². The number of carbonyl (C=O) groups excluding carboxylic acids is 1.